The van der Waals surface area contributed by atoms with Gasteiger partial charge in [0, 0.05) is 39.6 Å². The Morgan fingerprint density at radius 2 is 1.54 bits per heavy atom. The van der Waals surface area contributed by atoms with Crippen molar-refractivity contribution in [2.24, 2.45) is 0 Å². The largest absolute Gasteiger partial charge is 0.507 e. The topological polar surface area (TPSA) is 46.0 Å². The van der Waals surface area contributed by atoms with Crippen LogP contribution in [0.25, 0.3) is 33.8 Å². The number of hydrogen-bond donors (Lipinski definition) is 1. The van der Waals surface area contributed by atoms with Crippen molar-refractivity contribution in [1.29, 1.82) is 0 Å². The molecule has 0 amide bonds. The third-order valence-corrected chi connectivity index (χ3v) is 5.02. The van der Waals surface area contributed by atoms with Gasteiger partial charge in [0.2, 0.25) is 0 Å². The molecule has 0 radical (unpaired) electrons. The second-order valence-electron chi connectivity index (χ2n) is 6.71. The summed E-state index contributed by atoms with van der Waals surface area (Å²) in [4.78, 5) is 9.32. The number of aromatic nitrogens is 2. The Hall–Kier alpha value is -2.97. The molecule has 5 rings (SSSR count). The van der Waals surface area contributed by atoms with Crippen molar-refractivity contribution in [1.82, 2.24) is 9.97 Å². The van der Waals surface area contributed by atoms with Crippen LogP contribution in [0.4, 0.5) is 0 Å². The van der Waals surface area contributed by atoms with Crippen molar-refractivity contribution in [3.05, 3.63) is 90.1 Å². The van der Waals surface area contributed by atoms with Crippen molar-refractivity contribution in [3.63, 3.8) is 0 Å². The SMILES string of the molecule is Oc1cccc2c1-c1nc(-c3[c-]c(-c4ccccn4)ccc3)ccc1CC2.[Ni]. The molecule has 0 unspecified atom stereocenters. The van der Waals surface area contributed by atoms with Crippen LogP contribution >= 0.6 is 0 Å². The van der Waals surface area contributed by atoms with Crippen molar-refractivity contribution in [2.75, 3.05) is 0 Å². The molecule has 3 nitrogen and oxygen atoms in total. The molecule has 0 aliphatic heterocycles. The van der Waals surface area contributed by atoms with Crippen molar-refractivity contribution in [2.45, 2.75) is 12.8 Å². The summed E-state index contributed by atoms with van der Waals surface area (Å²) in [6.45, 7) is 0. The first-order valence-corrected chi connectivity index (χ1v) is 9.05. The normalized spacial score (nSPS) is 11.9. The van der Waals surface area contributed by atoms with E-state index in [-0.39, 0.29) is 16.5 Å². The van der Waals surface area contributed by atoms with Crippen LogP contribution < -0.4 is 0 Å². The number of phenols is 1. The zero-order chi connectivity index (χ0) is 18.2. The first kappa shape index (κ1) is 18.4. The zero-order valence-electron chi connectivity index (χ0n) is 15.0. The average molecular weight is 408 g/mol. The third kappa shape index (κ3) is 3.21. The van der Waals surface area contributed by atoms with Crippen molar-refractivity contribution < 1.29 is 21.6 Å². The molecule has 1 N–H and O–H groups in total. The molecule has 0 bridgehead atoms. The molecule has 0 spiro atoms. The monoisotopic (exact) mass is 407 g/mol. The van der Waals surface area contributed by atoms with Crippen LogP contribution in [0.1, 0.15) is 11.1 Å². The summed E-state index contributed by atoms with van der Waals surface area (Å²) >= 11 is 0. The fraction of sp³-hybridized carbons (Fsp3) is 0.0833. The number of rotatable bonds is 2. The summed E-state index contributed by atoms with van der Waals surface area (Å²) in [5, 5.41) is 10.4. The van der Waals surface area contributed by atoms with Gasteiger partial charge < -0.3 is 5.11 Å². The molecule has 4 heteroatoms. The second-order valence-corrected chi connectivity index (χ2v) is 6.71. The van der Waals surface area contributed by atoms with Gasteiger partial charge in [-0.25, -0.2) is 0 Å². The zero-order valence-corrected chi connectivity index (χ0v) is 16.0. The van der Waals surface area contributed by atoms with Crippen molar-refractivity contribution in [3.8, 4) is 39.5 Å². The number of phenolic OH excluding ortho intramolecular Hbond substituents is 1. The Labute approximate surface area is 174 Å². The Balaban J connectivity index is 0.00000192. The maximum Gasteiger partial charge on any atom is 0.125 e. The number of benzene rings is 2. The van der Waals surface area contributed by atoms with E-state index in [1.807, 2.05) is 48.5 Å². The molecular formula is C24H17N2NiO-. The maximum absolute atomic E-state index is 10.4. The van der Waals surface area contributed by atoms with E-state index in [0.717, 1.165) is 52.2 Å². The van der Waals surface area contributed by atoms with Gasteiger partial charge in [-0.15, -0.1) is 24.3 Å². The standard InChI is InChI=1S/C24H17N2O.Ni/c27-22-9-4-5-16-10-11-17-12-13-21(26-24(17)23(16)22)19-7-3-6-18(15-19)20-8-1-2-14-25-20;/h1-9,12-14,27H,10-11H2;/q-1;. The smallest absolute Gasteiger partial charge is 0.125 e. The molecular weight excluding hydrogens is 391 g/mol. The van der Waals surface area contributed by atoms with Gasteiger partial charge in [0.1, 0.15) is 5.75 Å². The van der Waals surface area contributed by atoms with Gasteiger partial charge in [0.05, 0.1) is 5.69 Å². The molecule has 1 aliphatic carbocycles. The third-order valence-electron chi connectivity index (χ3n) is 5.02. The van der Waals surface area contributed by atoms with Gasteiger partial charge in [0.15, 0.2) is 0 Å². The number of aryl methyl sites for hydroxylation is 2. The predicted octanol–water partition coefficient (Wildman–Crippen LogP) is 5.08. The minimum absolute atomic E-state index is 0. The van der Waals surface area contributed by atoms with Gasteiger partial charge in [-0.1, -0.05) is 47.5 Å². The summed E-state index contributed by atoms with van der Waals surface area (Å²) in [7, 11) is 0. The molecule has 2 aromatic carbocycles. The van der Waals surface area contributed by atoms with Crippen LogP contribution in [-0.2, 0) is 29.3 Å². The summed E-state index contributed by atoms with van der Waals surface area (Å²) < 4.78 is 0. The fourth-order valence-electron chi connectivity index (χ4n) is 3.68. The van der Waals surface area contributed by atoms with E-state index >= 15 is 0 Å². The molecule has 1 aliphatic rings. The molecule has 2 aromatic heterocycles. The summed E-state index contributed by atoms with van der Waals surface area (Å²) in [6.07, 6.45) is 3.66. The van der Waals surface area contributed by atoms with Gasteiger partial charge in [-0.3, -0.25) is 9.97 Å². The Bertz CT molecular complexity index is 1140. The molecule has 0 fully saturated rings. The quantitative estimate of drug-likeness (QED) is 0.372. The number of pyridine rings is 2. The first-order chi connectivity index (χ1) is 13.3. The van der Waals surface area contributed by atoms with E-state index in [2.05, 4.69) is 23.2 Å². The molecule has 4 aromatic rings. The number of aromatic hydroxyl groups is 1. The van der Waals surface area contributed by atoms with E-state index in [0.29, 0.717) is 5.75 Å². The van der Waals surface area contributed by atoms with Crippen LogP contribution in [0.3, 0.4) is 0 Å². The number of hydrogen-bond acceptors (Lipinski definition) is 3. The first-order valence-electron chi connectivity index (χ1n) is 9.05. The average Bonchev–Trinajstić information content (AvgIpc) is 2.74. The van der Waals surface area contributed by atoms with Gasteiger partial charge >= 0.3 is 0 Å². The molecule has 0 atom stereocenters. The molecule has 28 heavy (non-hydrogen) atoms. The van der Waals surface area contributed by atoms with Crippen LogP contribution in [0, 0.1) is 6.07 Å². The molecule has 140 valence electrons. The minimum atomic E-state index is 0. The van der Waals surface area contributed by atoms with Crippen LogP contribution in [-0.4, -0.2) is 15.1 Å². The van der Waals surface area contributed by atoms with E-state index < -0.39 is 0 Å². The second kappa shape index (κ2) is 7.57. The summed E-state index contributed by atoms with van der Waals surface area (Å²) in [5.74, 6) is 0.296. The van der Waals surface area contributed by atoms with E-state index in [4.69, 9.17) is 4.98 Å². The summed E-state index contributed by atoms with van der Waals surface area (Å²) in [5.41, 5.74) is 7.67. The minimum Gasteiger partial charge on any atom is -0.507 e. The number of fused-ring (bicyclic) bond motifs is 3. The van der Waals surface area contributed by atoms with Gasteiger partial charge in [-0.2, -0.15) is 0 Å². The predicted molar refractivity (Wildman–Crippen MR) is 106 cm³/mol. The van der Waals surface area contributed by atoms with E-state index in [1.54, 1.807) is 12.3 Å². The van der Waals surface area contributed by atoms with Gasteiger partial charge in [0.25, 0.3) is 0 Å². The number of nitrogens with zero attached hydrogens (tertiary/aromatic N) is 2. The molecule has 0 saturated carbocycles. The summed E-state index contributed by atoms with van der Waals surface area (Å²) in [6, 6.07) is 25.2. The maximum atomic E-state index is 10.4. The van der Waals surface area contributed by atoms with Crippen LogP contribution in [0.15, 0.2) is 72.9 Å². The van der Waals surface area contributed by atoms with E-state index in [9.17, 15) is 5.11 Å². The Kier molecular flexibility index (Phi) is 4.98. The Morgan fingerprint density at radius 1 is 0.750 bits per heavy atom. The molecule has 2 heterocycles. The van der Waals surface area contributed by atoms with E-state index in [1.165, 1.54) is 5.56 Å². The fourth-order valence-corrected chi connectivity index (χ4v) is 3.68. The van der Waals surface area contributed by atoms with Gasteiger partial charge in [-0.05, 0) is 36.1 Å². The molecule has 0 saturated heterocycles. The van der Waals surface area contributed by atoms with Crippen molar-refractivity contribution >= 4 is 0 Å². The van der Waals surface area contributed by atoms with Crippen LogP contribution in [0.2, 0.25) is 0 Å². The van der Waals surface area contributed by atoms with Crippen LogP contribution in [0.5, 0.6) is 5.75 Å². The Morgan fingerprint density at radius 3 is 2.36 bits per heavy atom.